The zero-order valence-corrected chi connectivity index (χ0v) is 8.03. The minimum atomic E-state index is -0.197. The molecule has 1 aliphatic carbocycles. The summed E-state index contributed by atoms with van der Waals surface area (Å²) in [5.74, 6) is 0.0498. The molecule has 4 heteroatoms. The maximum Gasteiger partial charge on any atom is 0.247 e. The lowest BCUT2D eigenvalue weighted by Gasteiger charge is -2.21. The van der Waals surface area contributed by atoms with E-state index in [9.17, 15) is 9.59 Å². The summed E-state index contributed by atoms with van der Waals surface area (Å²) in [7, 11) is 0. The molecule has 0 aromatic heterocycles. The number of hydrogen-bond donors (Lipinski definition) is 1. The minimum absolute atomic E-state index is 0.0298. The molecular weight excluding hydrogens is 180 g/mol. The van der Waals surface area contributed by atoms with Crippen molar-refractivity contribution in [2.24, 2.45) is 5.92 Å². The molecule has 2 unspecified atom stereocenters. The van der Waals surface area contributed by atoms with Gasteiger partial charge in [0.15, 0.2) is 0 Å². The first-order valence-corrected chi connectivity index (χ1v) is 5.39. The predicted octanol–water partition coefficient (Wildman–Crippen LogP) is -0.114. The first-order valence-electron chi connectivity index (χ1n) is 5.39. The first-order chi connectivity index (χ1) is 6.79. The Morgan fingerprint density at radius 1 is 1.14 bits per heavy atom. The number of nitrogens with zero attached hydrogens (tertiary/aromatic N) is 1. The van der Waals surface area contributed by atoms with Crippen molar-refractivity contribution in [3.05, 3.63) is 0 Å². The van der Waals surface area contributed by atoms with Crippen LogP contribution in [0.25, 0.3) is 0 Å². The summed E-state index contributed by atoms with van der Waals surface area (Å²) < 4.78 is 0. The molecule has 0 spiro atoms. The van der Waals surface area contributed by atoms with Crippen LogP contribution in [0.4, 0.5) is 0 Å². The number of nitrogens with one attached hydrogen (secondary N) is 1. The zero-order valence-electron chi connectivity index (χ0n) is 8.03. The molecule has 4 nitrogen and oxygen atoms in total. The fourth-order valence-electron chi connectivity index (χ4n) is 2.54. The van der Waals surface area contributed by atoms with Gasteiger partial charge in [-0.25, -0.2) is 0 Å². The number of piperidine rings is 1. The Morgan fingerprint density at radius 2 is 1.93 bits per heavy atom. The van der Waals surface area contributed by atoms with Crippen LogP contribution in [0.1, 0.15) is 25.7 Å². The average Bonchev–Trinajstić information content (AvgIpc) is 2.99. The first kappa shape index (κ1) is 8.41. The van der Waals surface area contributed by atoms with Gasteiger partial charge in [-0.2, -0.15) is 0 Å². The second kappa shape index (κ2) is 2.79. The number of imide groups is 1. The molecule has 0 aromatic rings. The van der Waals surface area contributed by atoms with Crippen LogP contribution < -0.4 is 5.32 Å². The molecule has 1 N–H and O–H groups in total. The van der Waals surface area contributed by atoms with E-state index in [4.69, 9.17) is 0 Å². The van der Waals surface area contributed by atoms with Crippen LogP contribution in [0, 0.1) is 5.92 Å². The van der Waals surface area contributed by atoms with E-state index in [-0.39, 0.29) is 29.8 Å². The molecule has 3 fully saturated rings. The lowest BCUT2D eigenvalue weighted by Crippen LogP contribution is -2.44. The van der Waals surface area contributed by atoms with Gasteiger partial charge in [0.05, 0.1) is 12.0 Å². The molecule has 2 heterocycles. The summed E-state index contributed by atoms with van der Waals surface area (Å²) in [4.78, 5) is 25.3. The second-order valence-corrected chi connectivity index (χ2v) is 4.46. The van der Waals surface area contributed by atoms with Gasteiger partial charge in [-0.1, -0.05) is 0 Å². The molecule has 0 bridgehead atoms. The summed E-state index contributed by atoms with van der Waals surface area (Å²) in [6.45, 7) is 0.874. The van der Waals surface area contributed by atoms with Crippen molar-refractivity contribution in [1.29, 1.82) is 0 Å². The van der Waals surface area contributed by atoms with Gasteiger partial charge >= 0.3 is 0 Å². The maximum absolute atomic E-state index is 11.9. The van der Waals surface area contributed by atoms with Crippen LogP contribution in [-0.2, 0) is 9.59 Å². The van der Waals surface area contributed by atoms with E-state index in [1.165, 1.54) is 4.90 Å². The van der Waals surface area contributed by atoms with Gasteiger partial charge in [0.25, 0.3) is 0 Å². The largest absolute Gasteiger partial charge is 0.305 e. The lowest BCUT2D eigenvalue weighted by molar-refractivity contribution is -0.140. The summed E-state index contributed by atoms with van der Waals surface area (Å²) >= 11 is 0. The highest BCUT2D eigenvalue weighted by molar-refractivity contribution is 6.07. The van der Waals surface area contributed by atoms with Gasteiger partial charge in [0.2, 0.25) is 11.8 Å². The van der Waals surface area contributed by atoms with Crippen molar-refractivity contribution in [3.8, 4) is 0 Å². The zero-order chi connectivity index (χ0) is 9.71. The highest BCUT2D eigenvalue weighted by Gasteiger charge is 2.52. The summed E-state index contributed by atoms with van der Waals surface area (Å²) in [6, 6.07) is 0.0410. The van der Waals surface area contributed by atoms with Crippen molar-refractivity contribution in [2.45, 2.75) is 37.8 Å². The van der Waals surface area contributed by atoms with Crippen molar-refractivity contribution in [3.63, 3.8) is 0 Å². The van der Waals surface area contributed by atoms with Gasteiger partial charge in [0.1, 0.15) is 0 Å². The number of carbonyl (C=O) groups excluding carboxylic acids is 2. The summed E-state index contributed by atoms with van der Waals surface area (Å²) in [6.07, 6.45) is 3.91. The monoisotopic (exact) mass is 194 g/mol. The highest BCUT2D eigenvalue weighted by Crippen LogP contribution is 2.36. The van der Waals surface area contributed by atoms with E-state index in [0.717, 1.165) is 32.2 Å². The Bertz CT molecular complexity index is 274. The van der Waals surface area contributed by atoms with E-state index in [1.807, 2.05) is 0 Å². The molecule has 2 saturated heterocycles. The number of hydrogen-bond acceptors (Lipinski definition) is 3. The third-order valence-corrected chi connectivity index (χ3v) is 3.43. The molecule has 0 aromatic carbocycles. The number of likely N-dealkylation sites (tertiary alicyclic amines) is 1. The van der Waals surface area contributed by atoms with Gasteiger partial charge in [-0.3, -0.25) is 14.5 Å². The summed E-state index contributed by atoms with van der Waals surface area (Å²) in [5.41, 5.74) is 0. The molecule has 3 aliphatic rings. The van der Waals surface area contributed by atoms with Crippen LogP contribution in [0.15, 0.2) is 0 Å². The Labute approximate surface area is 82.6 Å². The molecular formula is C10H14N2O2. The predicted molar refractivity (Wildman–Crippen MR) is 49.4 cm³/mol. The quantitative estimate of drug-likeness (QED) is 0.592. The van der Waals surface area contributed by atoms with Gasteiger partial charge in [-0.15, -0.1) is 0 Å². The van der Waals surface area contributed by atoms with Crippen LogP contribution in [-0.4, -0.2) is 35.3 Å². The smallest absolute Gasteiger partial charge is 0.247 e. The van der Waals surface area contributed by atoms with Gasteiger partial charge in [-0.05, 0) is 32.2 Å². The molecule has 76 valence electrons. The lowest BCUT2D eigenvalue weighted by atomic mass is 9.93. The molecule has 1 saturated carbocycles. The Hall–Kier alpha value is -0.900. The van der Waals surface area contributed by atoms with E-state index >= 15 is 0 Å². The minimum Gasteiger partial charge on any atom is -0.305 e. The van der Waals surface area contributed by atoms with Gasteiger partial charge < -0.3 is 5.32 Å². The topological polar surface area (TPSA) is 49.4 Å². The number of rotatable bonds is 1. The number of fused-ring (bicyclic) bond motifs is 1. The Kier molecular flexibility index (Phi) is 1.68. The summed E-state index contributed by atoms with van der Waals surface area (Å²) in [5, 5.41) is 3.16. The standard InChI is InChI=1S/C10H14N2O2/c13-9-7-2-1-5-11-8(7)10(14)12(9)6-3-4-6/h6-8,11H,1-5H2. The molecule has 2 atom stereocenters. The molecule has 14 heavy (non-hydrogen) atoms. The van der Waals surface area contributed by atoms with Crippen molar-refractivity contribution in [2.75, 3.05) is 6.54 Å². The Morgan fingerprint density at radius 3 is 2.57 bits per heavy atom. The third-order valence-electron chi connectivity index (χ3n) is 3.43. The van der Waals surface area contributed by atoms with Crippen LogP contribution in [0.2, 0.25) is 0 Å². The number of amides is 2. The number of carbonyl (C=O) groups is 2. The van der Waals surface area contributed by atoms with Crippen LogP contribution >= 0.6 is 0 Å². The van der Waals surface area contributed by atoms with Gasteiger partial charge in [0, 0.05) is 6.04 Å². The normalized spacial score (nSPS) is 37.6. The van der Waals surface area contributed by atoms with Crippen LogP contribution in [0.3, 0.4) is 0 Å². The van der Waals surface area contributed by atoms with Crippen LogP contribution in [0.5, 0.6) is 0 Å². The Balaban J connectivity index is 1.88. The van der Waals surface area contributed by atoms with E-state index in [1.54, 1.807) is 0 Å². The maximum atomic E-state index is 11.9. The average molecular weight is 194 g/mol. The SMILES string of the molecule is O=C1C2CCCNC2C(=O)N1C1CC1. The van der Waals surface area contributed by atoms with E-state index in [2.05, 4.69) is 5.32 Å². The highest BCUT2D eigenvalue weighted by atomic mass is 16.2. The fraction of sp³-hybridized carbons (Fsp3) is 0.800. The van der Waals surface area contributed by atoms with E-state index in [0.29, 0.717) is 0 Å². The molecule has 2 amide bonds. The third kappa shape index (κ3) is 1.03. The van der Waals surface area contributed by atoms with Crippen molar-refractivity contribution >= 4 is 11.8 Å². The van der Waals surface area contributed by atoms with Crippen molar-refractivity contribution in [1.82, 2.24) is 10.2 Å². The molecule has 2 aliphatic heterocycles. The van der Waals surface area contributed by atoms with E-state index < -0.39 is 0 Å². The fourth-order valence-corrected chi connectivity index (χ4v) is 2.54. The van der Waals surface area contributed by atoms with Crippen molar-refractivity contribution < 1.29 is 9.59 Å². The molecule has 0 radical (unpaired) electrons. The second-order valence-electron chi connectivity index (χ2n) is 4.46. The molecule has 3 rings (SSSR count).